The predicted octanol–water partition coefficient (Wildman–Crippen LogP) is 2.42. The second-order valence-electron chi connectivity index (χ2n) is 3.26. The van der Waals surface area contributed by atoms with Gasteiger partial charge in [-0.15, -0.1) is 12.3 Å². The Balaban J connectivity index is 2.74. The van der Waals surface area contributed by atoms with Gasteiger partial charge in [0.1, 0.15) is 0 Å². The topological polar surface area (TPSA) is 55.2 Å². The Labute approximate surface area is 88.5 Å². The van der Waals surface area contributed by atoms with Gasteiger partial charge in [-0.3, -0.25) is 10.1 Å². The first kappa shape index (κ1) is 11.1. The molecule has 1 aromatic carbocycles. The van der Waals surface area contributed by atoms with Crippen LogP contribution in [-0.4, -0.2) is 11.0 Å². The molecule has 1 N–H and O–H groups in total. The SMILES string of the molecule is C#CCC(C)Nc1cccc([N+](=O)[O-])c1. The Hall–Kier alpha value is -2.02. The van der Waals surface area contributed by atoms with Crippen LogP contribution in [-0.2, 0) is 0 Å². The average Bonchev–Trinajstić information content (AvgIpc) is 2.18. The molecule has 0 bridgehead atoms. The van der Waals surface area contributed by atoms with E-state index < -0.39 is 4.92 Å². The molecule has 0 aliphatic heterocycles. The zero-order chi connectivity index (χ0) is 11.3. The molecule has 0 spiro atoms. The number of nitrogens with zero attached hydrogens (tertiary/aromatic N) is 1. The molecule has 0 heterocycles. The van der Waals surface area contributed by atoms with Crippen molar-refractivity contribution in [2.24, 2.45) is 0 Å². The van der Waals surface area contributed by atoms with E-state index >= 15 is 0 Å². The number of nitro groups is 1. The second kappa shape index (κ2) is 5.01. The summed E-state index contributed by atoms with van der Waals surface area (Å²) >= 11 is 0. The molecule has 1 aromatic rings. The fourth-order valence-electron chi connectivity index (χ4n) is 1.22. The van der Waals surface area contributed by atoms with Crippen LogP contribution in [0.15, 0.2) is 24.3 Å². The van der Waals surface area contributed by atoms with Crippen molar-refractivity contribution in [1.29, 1.82) is 0 Å². The number of non-ortho nitro benzene ring substituents is 1. The molecule has 78 valence electrons. The molecule has 0 saturated carbocycles. The molecule has 1 atom stereocenters. The van der Waals surface area contributed by atoms with Crippen LogP contribution < -0.4 is 5.32 Å². The zero-order valence-electron chi connectivity index (χ0n) is 8.43. The number of nitrogens with one attached hydrogen (secondary N) is 1. The zero-order valence-corrected chi connectivity index (χ0v) is 8.43. The lowest BCUT2D eigenvalue weighted by Gasteiger charge is -2.11. The molecular weight excluding hydrogens is 192 g/mol. The molecule has 1 unspecified atom stereocenters. The van der Waals surface area contributed by atoms with Crippen molar-refractivity contribution in [2.45, 2.75) is 19.4 Å². The summed E-state index contributed by atoms with van der Waals surface area (Å²) in [5.74, 6) is 2.53. The minimum absolute atomic E-state index is 0.0768. The molecule has 1 rings (SSSR count). The molecule has 4 nitrogen and oxygen atoms in total. The highest BCUT2D eigenvalue weighted by atomic mass is 16.6. The second-order valence-corrected chi connectivity index (χ2v) is 3.26. The van der Waals surface area contributed by atoms with Gasteiger partial charge in [0.15, 0.2) is 0 Å². The third-order valence-corrected chi connectivity index (χ3v) is 1.89. The lowest BCUT2D eigenvalue weighted by Crippen LogP contribution is -2.13. The smallest absolute Gasteiger partial charge is 0.271 e. The Morgan fingerprint density at radius 2 is 2.40 bits per heavy atom. The molecule has 4 heteroatoms. The molecule has 0 aliphatic rings. The molecular formula is C11H12N2O2. The number of hydrogen-bond donors (Lipinski definition) is 1. The standard InChI is InChI=1S/C11H12N2O2/c1-3-5-9(2)12-10-6-4-7-11(8-10)13(14)15/h1,4,6-9,12H,5H2,2H3. The van der Waals surface area contributed by atoms with Crippen molar-refractivity contribution >= 4 is 11.4 Å². The largest absolute Gasteiger partial charge is 0.381 e. The molecule has 0 aliphatic carbocycles. The summed E-state index contributed by atoms with van der Waals surface area (Å²) in [6, 6.07) is 6.48. The molecule has 15 heavy (non-hydrogen) atoms. The summed E-state index contributed by atoms with van der Waals surface area (Å²) in [5, 5.41) is 13.6. The van der Waals surface area contributed by atoms with Gasteiger partial charge in [0.25, 0.3) is 5.69 Å². The van der Waals surface area contributed by atoms with Crippen LogP contribution in [0.4, 0.5) is 11.4 Å². The third kappa shape index (κ3) is 3.31. The third-order valence-electron chi connectivity index (χ3n) is 1.89. The number of hydrogen-bond acceptors (Lipinski definition) is 3. The monoisotopic (exact) mass is 204 g/mol. The summed E-state index contributed by atoms with van der Waals surface area (Å²) in [7, 11) is 0. The summed E-state index contributed by atoms with van der Waals surface area (Å²) in [6.45, 7) is 1.93. The molecule has 0 radical (unpaired) electrons. The first-order chi connectivity index (χ1) is 7.13. The summed E-state index contributed by atoms with van der Waals surface area (Å²) in [6.07, 6.45) is 5.75. The van der Waals surface area contributed by atoms with Gasteiger partial charge in [0.2, 0.25) is 0 Å². The lowest BCUT2D eigenvalue weighted by atomic mass is 10.2. The van der Waals surface area contributed by atoms with Crippen molar-refractivity contribution < 1.29 is 4.92 Å². The maximum Gasteiger partial charge on any atom is 0.271 e. The van der Waals surface area contributed by atoms with E-state index in [0.29, 0.717) is 12.1 Å². The minimum Gasteiger partial charge on any atom is -0.381 e. The maximum absolute atomic E-state index is 10.5. The van der Waals surface area contributed by atoms with E-state index in [2.05, 4.69) is 11.2 Å². The van der Waals surface area contributed by atoms with Crippen LogP contribution in [0.2, 0.25) is 0 Å². The first-order valence-electron chi connectivity index (χ1n) is 4.58. The number of nitro benzene ring substituents is 1. The van der Waals surface area contributed by atoms with E-state index in [-0.39, 0.29) is 11.7 Å². The van der Waals surface area contributed by atoms with Crippen molar-refractivity contribution in [1.82, 2.24) is 0 Å². The van der Waals surface area contributed by atoms with Gasteiger partial charge >= 0.3 is 0 Å². The van der Waals surface area contributed by atoms with Gasteiger partial charge in [-0.1, -0.05) is 6.07 Å². The molecule has 0 fully saturated rings. The lowest BCUT2D eigenvalue weighted by molar-refractivity contribution is -0.384. The fraction of sp³-hybridized carbons (Fsp3) is 0.273. The number of anilines is 1. The fourth-order valence-corrected chi connectivity index (χ4v) is 1.22. The van der Waals surface area contributed by atoms with Gasteiger partial charge in [-0.25, -0.2) is 0 Å². The van der Waals surface area contributed by atoms with Crippen molar-refractivity contribution in [3.05, 3.63) is 34.4 Å². The summed E-state index contributed by atoms with van der Waals surface area (Å²) in [5.41, 5.74) is 0.792. The quantitative estimate of drug-likeness (QED) is 0.465. The predicted molar refractivity (Wildman–Crippen MR) is 59.6 cm³/mol. The number of benzene rings is 1. The molecule has 0 amide bonds. The number of rotatable bonds is 4. The highest BCUT2D eigenvalue weighted by Gasteiger charge is 2.06. The number of terminal acetylenes is 1. The highest BCUT2D eigenvalue weighted by Crippen LogP contribution is 2.17. The summed E-state index contributed by atoms with van der Waals surface area (Å²) < 4.78 is 0. The Morgan fingerprint density at radius 3 is 3.00 bits per heavy atom. The Bertz CT molecular complexity index is 396. The van der Waals surface area contributed by atoms with E-state index in [9.17, 15) is 10.1 Å². The van der Waals surface area contributed by atoms with Crippen molar-refractivity contribution in [3.63, 3.8) is 0 Å². The van der Waals surface area contributed by atoms with Crippen LogP contribution >= 0.6 is 0 Å². The Morgan fingerprint density at radius 1 is 1.67 bits per heavy atom. The van der Waals surface area contributed by atoms with Crippen molar-refractivity contribution in [3.8, 4) is 12.3 Å². The van der Waals surface area contributed by atoms with Gasteiger partial charge in [-0.2, -0.15) is 0 Å². The van der Waals surface area contributed by atoms with Crippen LogP contribution in [0.25, 0.3) is 0 Å². The van der Waals surface area contributed by atoms with E-state index in [1.807, 2.05) is 6.92 Å². The van der Waals surface area contributed by atoms with Gasteiger partial charge in [-0.05, 0) is 13.0 Å². The highest BCUT2D eigenvalue weighted by molar-refractivity contribution is 5.51. The van der Waals surface area contributed by atoms with Crippen molar-refractivity contribution in [2.75, 3.05) is 5.32 Å². The first-order valence-corrected chi connectivity index (χ1v) is 4.58. The van der Waals surface area contributed by atoms with Crippen LogP contribution in [0.5, 0.6) is 0 Å². The molecule has 0 saturated heterocycles. The van der Waals surface area contributed by atoms with Crippen LogP contribution in [0.3, 0.4) is 0 Å². The van der Waals surface area contributed by atoms with Gasteiger partial charge in [0, 0.05) is 30.3 Å². The van der Waals surface area contributed by atoms with E-state index in [4.69, 9.17) is 6.42 Å². The average molecular weight is 204 g/mol. The van der Waals surface area contributed by atoms with E-state index in [1.165, 1.54) is 12.1 Å². The van der Waals surface area contributed by atoms with Crippen LogP contribution in [0.1, 0.15) is 13.3 Å². The van der Waals surface area contributed by atoms with E-state index in [1.54, 1.807) is 12.1 Å². The molecule has 0 aromatic heterocycles. The van der Waals surface area contributed by atoms with Crippen LogP contribution in [0, 0.1) is 22.5 Å². The summed E-state index contributed by atoms with van der Waals surface area (Å²) in [4.78, 5) is 10.1. The minimum atomic E-state index is -0.420. The normalized spacial score (nSPS) is 11.5. The van der Waals surface area contributed by atoms with Gasteiger partial charge < -0.3 is 5.32 Å². The van der Waals surface area contributed by atoms with E-state index in [0.717, 1.165) is 0 Å². The van der Waals surface area contributed by atoms with Gasteiger partial charge in [0.05, 0.1) is 4.92 Å². The maximum atomic E-state index is 10.5. The Kier molecular flexibility index (Phi) is 3.69.